The zero-order valence-electron chi connectivity index (χ0n) is 19.8. The van der Waals surface area contributed by atoms with Crippen LogP contribution in [0, 0.1) is 5.41 Å². The molecule has 3 aromatic rings. The molecule has 0 atom stereocenters. The largest absolute Gasteiger partial charge is 0.432 e. The summed E-state index contributed by atoms with van der Waals surface area (Å²) in [4.78, 5) is 12.5. The molecule has 1 aromatic heterocycles. The number of sulfone groups is 1. The van der Waals surface area contributed by atoms with Gasteiger partial charge in [0.15, 0.2) is 15.6 Å². The van der Waals surface area contributed by atoms with E-state index in [1.807, 2.05) is 6.92 Å². The van der Waals surface area contributed by atoms with E-state index >= 15 is 0 Å². The summed E-state index contributed by atoms with van der Waals surface area (Å²) in [6, 6.07) is 14.0. The third-order valence-electron chi connectivity index (χ3n) is 4.93. The summed E-state index contributed by atoms with van der Waals surface area (Å²) in [6.45, 7) is 2.26. The number of carbonyl (C=O) groups excluding carboxylic acids is 1. The van der Waals surface area contributed by atoms with Crippen molar-refractivity contribution in [1.82, 2.24) is 5.32 Å². The molecular formula is C25H24F3N3O4S2. The van der Waals surface area contributed by atoms with Crippen LogP contribution in [0.2, 0.25) is 0 Å². The van der Waals surface area contributed by atoms with Crippen LogP contribution in [0.15, 0.2) is 70.9 Å². The molecule has 196 valence electrons. The maximum absolute atomic E-state index is 13.2. The minimum atomic E-state index is -4.88. The lowest BCUT2D eigenvalue weighted by atomic mass is 10.1. The number of amides is 1. The molecule has 0 spiro atoms. The lowest BCUT2D eigenvalue weighted by Crippen LogP contribution is -2.27. The molecule has 0 unspecified atom stereocenters. The Morgan fingerprint density at radius 3 is 2.51 bits per heavy atom. The Morgan fingerprint density at radius 2 is 1.84 bits per heavy atom. The van der Waals surface area contributed by atoms with Gasteiger partial charge in [-0.15, -0.1) is 11.3 Å². The summed E-state index contributed by atoms with van der Waals surface area (Å²) >= 11 is 1.10. The van der Waals surface area contributed by atoms with Crippen molar-refractivity contribution in [3.05, 3.63) is 70.9 Å². The maximum Gasteiger partial charge on any atom is 0.432 e. The van der Waals surface area contributed by atoms with Crippen LogP contribution in [0.4, 0.5) is 23.7 Å². The number of benzene rings is 2. The highest BCUT2D eigenvalue weighted by Gasteiger charge is 2.33. The lowest BCUT2D eigenvalue weighted by Gasteiger charge is -2.15. The summed E-state index contributed by atoms with van der Waals surface area (Å²) in [6.07, 6.45) is -3.17. The monoisotopic (exact) mass is 551 g/mol. The van der Waals surface area contributed by atoms with Crippen molar-refractivity contribution in [3.8, 4) is 16.9 Å². The molecule has 0 saturated heterocycles. The SMILES string of the molecule is CCCNC(=O)Oc1ccccc1N/C(=C\C(=N)C(F)(F)F)c1cc(-c2cccc(S(C)(=O)=O)c2)cs1. The van der Waals surface area contributed by atoms with Gasteiger partial charge in [0, 0.05) is 12.8 Å². The number of carbonyl (C=O) groups is 1. The molecule has 12 heteroatoms. The van der Waals surface area contributed by atoms with E-state index in [-0.39, 0.29) is 22.0 Å². The Hall–Kier alpha value is -3.64. The van der Waals surface area contributed by atoms with Gasteiger partial charge in [0.1, 0.15) is 5.71 Å². The number of nitrogens with one attached hydrogen (secondary N) is 3. The molecule has 7 nitrogen and oxygen atoms in total. The number of rotatable bonds is 9. The smallest absolute Gasteiger partial charge is 0.408 e. The number of anilines is 1. The van der Waals surface area contributed by atoms with Gasteiger partial charge in [0.05, 0.1) is 21.2 Å². The third kappa shape index (κ3) is 7.67. The number of halogens is 3. The highest BCUT2D eigenvalue weighted by Crippen LogP contribution is 2.34. The van der Waals surface area contributed by atoms with Crippen molar-refractivity contribution in [3.63, 3.8) is 0 Å². The Labute approximate surface area is 216 Å². The molecule has 0 aliphatic carbocycles. The van der Waals surface area contributed by atoms with Crippen molar-refractivity contribution in [1.29, 1.82) is 5.41 Å². The highest BCUT2D eigenvalue weighted by atomic mass is 32.2. The van der Waals surface area contributed by atoms with Gasteiger partial charge < -0.3 is 15.4 Å². The standard InChI is InChI=1S/C25H24F3N3O4S2/c1-3-11-30-24(32)35-21-10-5-4-9-19(21)31-20(14-23(29)25(26,27)28)22-13-17(15-36-22)16-7-6-8-18(12-16)37(2,33)34/h4-10,12-15,29,31H,3,11H2,1-2H3,(H,30,32)/b20-14-,29-23?. The molecule has 1 amide bonds. The first-order valence-corrected chi connectivity index (χ1v) is 13.7. The Kier molecular flexibility index (Phi) is 8.77. The van der Waals surface area contributed by atoms with Gasteiger partial charge in [-0.05, 0) is 59.3 Å². The second-order valence-corrected chi connectivity index (χ2v) is 10.8. The van der Waals surface area contributed by atoms with Crippen LogP contribution in [-0.4, -0.2) is 39.2 Å². The first kappa shape index (κ1) is 27.9. The van der Waals surface area contributed by atoms with E-state index in [4.69, 9.17) is 10.1 Å². The second-order valence-electron chi connectivity index (χ2n) is 7.91. The number of para-hydroxylation sites is 2. The molecule has 37 heavy (non-hydrogen) atoms. The summed E-state index contributed by atoms with van der Waals surface area (Å²) in [5, 5.41) is 14.6. The van der Waals surface area contributed by atoms with Crippen LogP contribution >= 0.6 is 11.3 Å². The number of hydrogen-bond acceptors (Lipinski definition) is 7. The van der Waals surface area contributed by atoms with Gasteiger partial charge in [-0.2, -0.15) is 13.2 Å². The zero-order valence-corrected chi connectivity index (χ0v) is 21.5. The number of hydrogen-bond donors (Lipinski definition) is 3. The average molecular weight is 552 g/mol. The molecule has 0 aliphatic heterocycles. The van der Waals surface area contributed by atoms with Crippen LogP contribution in [0.1, 0.15) is 18.2 Å². The summed E-state index contributed by atoms with van der Waals surface area (Å²) < 4.78 is 68.9. The normalized spacial score (nSPS) is 12.2. The highest BCUT2D eigenvalue weighted by molar-refractivity contribution is 7.90. The summed E-state index contributed by atoms with van der Waals surface area (Å²) in [7, 11) is -3.46. The van der Waals surface area contributed by atoms with Crippen LogP contribution in [0.5, 0.6) is 5.75 Å². The fraction of sp³-hybridized carbons (Fsp3) is 0.200. The number of ether oxygens (including phenoxy) is 1. The average Bonchev–Trinajstić information content (AvgIpc) is 3.33. The number of allylic oxidation sites excluding steroid dienone is 1. The molecule has 3 rings (SSSR count). The molecule has 3 N–H and O–H groups in total. The molecular weight excluding hydrogens is 527 g/mol. The van der Waals surface area contributed by atoms with Gasteiger partial charge in [0.25, 0.3) is 0 Å². The Morgan fingerprint density at radius 1 is 1.11 bits per heavy atom. The molecule has 2 aromatic carbocycles. The maximum atomic E-state index is 13.2. The first-order chi connectivity index (χ1) is 17.4. The zero-order chi connectivity index (χ0) is 27.2. The van der Waals surface area contributed by atoms with Crippen LogP contribution in [0.3, 0.4) is 0 Å². The molecule has 1 heterocycles. The van der Waals surface area contributed by atoms with E-state index in [9.17, 15) is 26.4 Å². The van der Waals surface area contributed by atoms with E-state index < -0.39 is 27.8 Å². The first-order valence-electron chi connectivity index (χ1n) is 11.0. The van der Waals surface area contributed by atoms with Gasteiger partial charge >= 0.3 is 12.3 Å². The number of thiophene rings is 1. The lowest BCUT2D eigenvalue weighted by molar-refractivity contribution is -0.0583. The second kappa shape index (κ2) is 11.6. The van der Waals surface area contributed by atoms with Gasteiger partial charge in [0.2, 0.25) is 0 Å². The minimum absolute atomic E-state index is 0.0529. The predicted octanol–water partition coefficient (Wildman–Crippen LogP) is 6.35. The van der Waals surface area contributed by atoms with E-state index in [1.54, 1.807) is 35.7 Å². The van der Waals surface area contributed by atoms with E-state index in [0.29, 0.717) is 35.0 Å². The molecule has 0 bridgehead atoms. The number of alkyl halides is 3. The van der Waals surface area contributed by atoms with Crippen LogP contribution < -0.4 is 15.4 Å². The fourth-order valence-electron chi connectivity index (χ4n) is 3.10. The van der Waals surface area contributed by atoms with Crippen LogP contribution in [0.25, 0.3) is 16.8 Å². The topological polar surface area (TPSA) is 108 Å². The van der Waals surface area contributed by atoms with Gasteiger partial charge in [-0.1, -0.05) is 31.2 Å². The third-order valence-corrected chi connectivity index (χ3v) is 7.01. The van der Waals surface area contributed by atoms with Crippen molar-refractivity contribution < 1.29 is 31.1 Å². The van der Waals surface area contributed by atoms with E-state index in [1.165, 1.54) is 24.3 Å². The Balaban J connectivity index is 1.99. The molecule has 0 saturated carbocycles. The molecule has 0 fully saturated rings. The van der Waals surface area contributed by atoms with Crippen molar-refractivity contribution in [2.24, 2.45) is 0 Å². The van der Waals surface area contributed by atoms with Crippen molar-refractivity contribution >= 4 is 44.4 Å². The minimum Gasteiger partial charge on any atom is -0.408 e. The van der Waals surface area contributed by atoms with E-state index in [2.05, 4.69) is 10.6 Å². The molecule has 0 aliphatic rings. The quantitative estimate of drug-likeness (QED) is 0.269. The van der Waals surface area contributed by atoms with Gasteiger partial charge in [-0.25, -0.2) is 13.2 Å². The predicted molar refractivity (Wildman–Crippen MR) is 139 cm³/mol. The fourth-order valence-corrected chi connectivity index (χ4v) is 4.65. The summed E-state index contributed by atoms with van der Waals surface area (Å²) in [5.74, 6) is 0.0816. The Bertz CT molecular complexity index is 1430. The van der Waals surface area contributed by atoms with Crippen molar-refractivity contribution in [2.45, 2.75) is 24.4 Å². The summed E-state index contributed by atoms with van der Waals surface area (Å²) in [5.41, 5.74) is -0.275. The van der Waals surface area contributed by atoms with E-state index in [0.717, 1.165) is 17.6 Å². The molecule has 0 radical (unpaired) electrons. The van der Waals surface area contributed by atoms with Crippen LogP contribution in [-0.2, 0) is 9.84 Å². The van der Waals surface area contributed by atoms with Crippen molar-refractivity contribution in [2.75, 3.05) is 18.1 Å². The van der Waals surface area contributed by atoms with Gasteiger partial charge in [-0.3, -0.25) is 5.41 Å².